The van der Waals surface area contributed by atoms with Gasteiger partial charge in [-0.1, -0.05) is 46.0 Å². The van der Waals surface area contributed by atoms with E-state index in [0.29, 0.717) is 17.1 Å². The van der Waals surface area contributed by atoms with Crippen molar-refractivity contribution >= 4 is 17.1 Å². The second-order valence-electron chi connectivity index (χ2n) is 6.27. The van der Waals surface area contributed by atoms with Crippen LogP contribution in [0.15, 0.2) is 9.59 Å². The molecule has 0 saturated heterocycles. The van der Waals surface area contributed by atoms with Crippen molar-refractivity contribution < 1.29 is 0 Å². The van der Waals surface area contributed by atoms with Gasteiger partial charge in [0.05, 0.1) is 0 Å². The van der Waals surface area contributed by atoms with Gasteiger partial charge in [-0.15, -0.1) is 0 Å². The van der Waals surface area contributed by atoms with Crippen LogP contribution in [-0.4, -0.2) is 25.6 Å². The molecule has 7 nitrogen and oxygen atoms in total. The van der Waals surface area contributed by atoms with Crippen LogP contribution in [0.3, 0.4) is 0 Å². The third-order valence-electron chi connectivity index (χ3n) is 4.31. The Morgan fingerprint density at radius 1 is 1.04 bits per heavy atom. The van der Waals surface area contributed by atoms with Crippen LogP contribution in [0.5, 0.6) is 0 Å². The van der Waals surface area contributed by atoms with Crippen LogP contribution >= 0.6 is 0 Å². The second kappa shape index (κ2) is 8.70. The summed E-state index contributed by atoms with van der Waals surface area (Å²) in [7, 11) is 1.63. The summed E-state index contributed by atoms with van der Waals surface area (Å²) in [5.41, 5.74) is 0.122. The van der Waals surface area contributed by atoms with Crippen molar-refractivity contribution in [1.82, 2.24) is 19.1 Å². The number of fused-ring (bicyclic) bond motifs is 1. The lowest BCUT2D eigenvalue weighted by Crippen LogP contribution is -2.29. The third kappa shape index (κ3) is 4.07. The van der Waals surface area contributed by atoms with Crippen molar-refractivity contribution in [2.24, 2.45) is 7.05 Å². The quantitative estimate of drug-likeness (QED) is 0.654. The molecule has 0 spiro atoms. The van der Waals surface area contributed by atoms with E-state index in [-0.39, 0.29) is 5.56 Å². The lowest BCUT2D eigenvalue weighted by atomic mass is 10.2. The lowest BCUT2D eigenvalue weighted by molar-refractivity contribution is 0.612. The van der Waals surface area contributed by atoms with Crippen LogP contribution in [0.4, 0.5) is 5.95 Å². The number of hydrogen-bond acceptors (Lipinski definition) is 4. The van der Waals surface area contributed by atoms with Gasteiger partial charge in [-0.3, -0.25) is 14.3 Å². The minimum atomic E-state index is -0.430. The predicted molar refractivity (Wildman–Crippen MR) is 97.8 cm³/mol. The molecule has 0 aliphatic heterocycles. The molecule has 0 atom stereocenters. The first-order valence-electron chi connectivity index (χ1n) is 9.03. The molecule has 0 aliphatic carbocycles. The summed E-state index contributed by atoms with van der Waals surface area (Å²) in [6.07, 6.45) is 7.87. The van der Waals surface area contributed by atoms with E-state index in [4.69, 9.17) is 0 Å². The maximum atomic E-state index is 12.3. The van der Waals surface area contributed by atoms with E-state index in [1.807, 2.05) is 4.57 Å². The molecule has 0 saturated carbocycles. The molecular weight excluding hydrogens is 306 g/mol. The molecule has 0 unspecified atom stereocenters. The number of aromatic nitrogens is 4. The van der Waals surface area contributed by atoms with Gasteiger partial charge in [0.25, 0.3) is 5.56 Å². The topological polar surface area (TPSA) is 84.7 Å². The number of aromatic amines is 1. The predicted octanol–water partition coefficient (Wildman–Crippen LogP) is 2.61. The molecule has 2 aromatic rings. The minimum absolute atomic E-state index is 0.365. The molecule has 7 heteroatoms. The highest BCUT2D eigenvalue weighted by molar-refractivity contribution is 5.74. The standard InChI is InChI=1S/C17H29N5O2/c1-4-6-8-9-11-18-16-19-14-13(22(16)12-10-7-5-2)15(23)20-17(24)21(14)3/h4-12H2,1-3H3,(H,18,19)(H,20,23,24). The third-order valence-corrected chi connectivity index (χ3v) is 4.31. The van der Waals surface area contributed by atoms with Crippen molar-refractivity contribution in [1.29, 1.82) is 0 Å². The number of H-pyrrole nitrogens is 1. The molecule has 2 heterocycles. The zero-order valence-electron chi connectivity index (χ0n) is 15.0. The first-order valence-corrected chi connectivity index (χ1v) is 9.03. The van der Waals surface area contributed by atoms with E-state index in [1.165, 1.54) is 23.8 Å². The van der Waals surface area contributed by atoms with Crippen LogP contribution in [0.2, 0.25) is 0 Å². The average molecular weight is 335 g/mol. The Bertz CT molecular complexity index is 772. The Labute approximate surface area is 142 Å². The van der Waals surface area contributed by atoms with E-state index >= 15 is 0 Å². The summed E-state index contributed by atoms with van der Waals surface area (Å²) in [6, 6.07) is 0. The fourth-order valence-electron chi connectivity index (χ4n) is 2.86. The molecular formula is C17H29N5O2. The second-order valence-corrected chi connectivity index (χ2v) is 6.27. The van der Waals surface area contributed by atoms with E-state index in [9.17, 15) is 9.59 Å². The number of imidazole rings is 1. The molecule has 0 amide bonds. The summed E-state index contributed by atoms with van der Waals surface area (Å²) in [5, 5.41) is 3.35. The summed E-state index contributed by atoms with van der Waals surface area (Å²) < 4.78 is 3.32. The van der Waals surface area contributed by atoms with Gasteiger partial charge in [0.2, 0.25) is 5.95 Å². The van der Waals surface area contributed by atoms with Gasteiger partial charge in [0.15, 0.2) is 11.2 Å². The van der Waals surface area contributed by atoms with E-state index in [0.717, 1.165) is 38.8 Å². The molecule has 2 rings (SSSR count). The summed E-state index contributed by atoms with van der Waals surface area (Å²) >= 11 is 0. The van der Waals surface area contributed by atoms with Gasteiger partial charge >= 0.3 is 5.69 Å². The Hall–Kier alpha value is -2.05. The summed E-state index contributed by atoms with van der Waals surface area (Å²) in [6.45, 7) is 5.88. The number of unbranched alkanes of at least 4 members (excludes halogenated alkanes) is 5. The van der Waals surface area contributed by atoms with Crippen molar-refractivity contribution in [3.8, 4) is 0 Å². The lowest BCUT2D eigenvalue weighted by Gasteiger charge is -2.10. The monoisotopic (exact) mass is 335 g/mol. The first kappa shape index (κ1) is 18.3. The zero-order valence-corrected chi connectivity index (χ0v) is 15.0. The zero-order chi connectivity index (χ0) is 17.5. The van der Waals surface area contributed by atoms with Gasteiger partial charge < -0.3 is 9.88 Å². The largest absolute Gasteiger partial charge is 0.356 e. The SMILES string of the molecule is CCCCCCNc1nc2c(c(=O)[nH]c(=O)n2C)n1CCCCC. The first-order chi connectivity index (χ1) is 11.6. The van der Waals surface area contributed by atoms with E-state index in [1.54, 1.807) is 7.05 Å². The average Bonchev–Trinajstić information content (AvgIpc) is 2.92. The Morgan fingerprint density at radius 3 is 2.46 bits per heavy atom. The van der Waals surface area contributed by atoms with Gasteiger partial charge in [-0.25, -0.2) is 4.79 Å². The highest BCUT2D eigenvalue weighted by Gasteiger charge is 2.16. The Morgan fingerprint density at radius 2 is 1.75 bits per heavy atom. The molecule has 24 heavy (non-hydrogen) atoms. The van der Waals surface area contributed by atoms with Crippen LogP contribution < -0.4 is 16.6 Å². The summed E-state index contributed by atoms with van der Waals surface area (Å²) in [4.78, 5) is 31.0. The van der Waals surface area contributed by atoms with Crippen molar-refractivity contribution in [2.75, 3.05) is 11.9 Å². The fourth-order valence-corrected chi connectivity index (χ4v) is 2.86. The maximum Gasteiger partial charge on any atom is 0.329 e. The number of rotatable bonds is 10. The highest BCUT2D eigenvalue weighted by atomic mass is 16.2. The van der Waals surface area contributed by atoms with Crippen molar-refractivity contribution in [3.63, 3.8) is 0 Å². The molecule has 0 bridgehead atoms. The van der Waals surface area contributed by atoms with Gasteiger partial charge in [-0.2, -0.15) is 4.98 Å². The highest BCUT2D eigenvalue weighted by Crippen LogP contribution is 2.17. The summed E-state index contributed by atoms with van der Waals surface area (Å²) in [5.74, 6) is 0.685. The Kier molecular flexibility index (Phi) is 6.63. The number of hydrogen-bond donors (Lipinski definition) is 2. The molecule has 0 radical (unpaired) electrons. The maximum absolute atomic E-state index is 12.3. The molecule has 0 fully saturated rings. The van der Waals surface area contributed by atoms with Crippen molar-refractivity contribution in [3.05, 3.63) is 20.8 Å². The smallest absolute Gasteiger partial charge is 0.329 e. The molecule has 0 aliphatic rings. The molecule has 2 N–H and O–H groups in total. The van der Waals surface area contributed by atoms with E-state index < -0.39 is 5.69 Å². The van der Waals surface area contributed by atoms with Gasteiger partial charge in [-0.05, 0) is 12.8 Å². The number of aryl methyl sites for hydroxylation is 2. The van der Waals surface area contributed by atoms with Crippen molar-refractivity contribution in [2.45, 2.75) is 65.3 Å². The van der Waals surface area contributed by atoms with Crippen LogP contribution in [0, 0.1) is 0 Å². The fraction of sp³-hybridized carbons (Fsp3) is 0.706. The van der Waals surface area contributed by atoms with Crippen LogP contribution in [0.1, 0.15) is 58.8 Å². The number of anilines is 1. The number of nitrogens with zero attached hydrogens (tertiary/aromatic N) is 3. The van der Waals surface area contributed by atoms with Crippen LogP contribution in [0.25, 0.3) is 11.2 Å². The molecule has 0 aromatic carbocycles. The molecule has 134 valence electrons. The number of nitrogens with one attached hydrogen (secondary N) is 2. The Balaban J connectivity index is 2.31. The minimum Gasteiger partial charge on any atom is -0.356 e. The van der Waals surface area contributed by atoms with E-state index in [2.05, 4.69) is 29.1 Å². The van der Waals surface area contributed by atoms with Crippen LogP contribution in [-0.2, 0) is 13.6 Å². The normalized spacial score (nSPS) is 11.3. The molecule has 2 aromatic heterocycles. The van der Waals surface area contributed by atoms with Gasteiger partial charge in [0.1, 0.15) is 0 Å². The van der Waals surface area contributed by atoms with Gasteiger partial charge in [0, 0.05) is 20.1 Å².